The van der Waals surface area contributed by atoms with Gasteiger partial charge in [-0.05, 0) is 43.9 Å². The van der Waals surface area contributed by atoms with Crippen LogP contribution in [-0.2, 0) is 7.05 Å². The van der Waals surface area contributed by atoms with E-state index in [2.05, 4.69) is 9.88 Å². The number of anilines is 1. The molecule has 8 heteroatoms. The zero-order valence-corrected chi connectivity index (χ0v) is 17.5. The van der Waals surface area contributed by atoms with Crippen molar-refractivity contribution in [3.63, 3.8) is 0 Å². The Kier molecular flexibility index (Phi) is 5.13. The van der Waals surface area contributed by atoms with E-state index in [-0.39, 0.29) is 17.5 Å². The van der Waals surface area contributed by atoms with Crippen molar-refractivity contribution >= 4 is 11.9 Å². The minimum Gasteiger partial charge on any atom is -0.341 e. The van der Waals surface area contributed by atoms with Crippen LogP contribution in [0.3, 0.4) is 0 Å². The van der Waals surface area contributed by atoms with E-state index in [9.17, 15) is 9.18 Å². The quantitative estimate of drug-likeness (QED) is 0.645. The number of hydrogen-bond acceptors (Lipinski definition) is 5. The van der Waals surface area contributed by atoms with Crippen molar-refractivity contribution in [1.82, 2.24) is 24.6 Å². The van der Waals surface area contributed by atoms with Crippen molar-refractivity contribution in [3.8, 4) is 11.3 Å². The number of carbonyl (C=O) groups excluding carboxylic acids is 1. The van der Waals surface area contributed by atoms with Crippen LogP contribution in [0.15, 0.2) is 42.7 Å². The molecule has 2 aromatic heterocycles. The maximum absolute atomic E-state index is 14.3. The molecular formula is C23H25FN6O. The van der Waals surface area contributed by atoms with E-state index < -0.39 is 5.82 Å². The molecule has 0 bridgehead atoms. The summed E-state index contributed by atoms with van der Waals surface area (Å²) in [6.45, 7) is 2.52. The van der Waals surface area contributed by atoms with Gasteiger partial charge in [-0.3, -0.25) is 9.48 Å². The van der Waals surface area contributed by atoms with Gasteiger partial charge in [0.15, 0.2) is 0 Å². The van der Waals surface area contributed by atoms with Crippen molar-refractivity contribution in [2.75, 3.05) is 24.5 Å². The molecule has 0 aliphatic carbocycles. The molecule has 2 aliphatic rings. The molecule has 4 heterocycles. The molecule has 160 valence electrons. The normalized spacial score (nSPS) is 18.7. The van der Waals surface area contributed by atoms with Crippen LogP contribution in [0.4, 0.5) is 10.3 Å². The lowest BCUT2D eigenvalue weighted by molar-refractivity contribution is 0.0728. The van der Waals surface area contributed by atoms with Crippen molar-refractivity contribution in [1.29, 1.82) is 0 Å². The predicted octanol–water partition coefficient (Wildman–Crippen LogP) is 3.59. The summed E-state index contributed by atoms with van der Waals surface area (Å²) >= 11 is 0. The first-order chi connectivity index (χ1) is 15.1. The molecule has 31 heavy (non-hydrogen) atoms. The number of hydrogen-bond donors (Lipinski definition) is 0. The number of likely N-dealkylation sites (tertiary alicyclic amines) is 1. The maximum Gasteiger partial charge on any atom is 0.257 e. The van der Waals surface area contributed by atoms with Crippen LogP contribution < -0.4 is 4.90 Å². The molecule has 0 spiro atoms. The fraction of sp³-hybridized carbons (Fsp3) is 0.391. The van der Waals surface area contributed by atoms with Gasteiger partial charge in [0.05, 0.1) is 23.0 Å². The molecule has 0 radical (unpaired) electrons. The lowest BCUT2D eigenvalue weighted by Gasteiger charge is -2.24. The SMILES string of the molecule is Cn1cc(-c2ccnc(N3CCCC3)n2)c(C2CCCN2C(=O)c2ccccc2F)n1. The zero-order valence-electron chi connectivity index (χ0n) is 17.5. The smallest absolute Gasteiger partial charge is 0.257 e. The van der Waals surface area contributed by atoms with E-state index >= 15 is 0 Å². The molecule has 0 saturated carbocycles. The monoisotopic (exact) mass is 420 g/mol. The van der Waals surface area contributed by atoms with Gasteiger partial charge in [0.1, 0.15) is 5.82 Å². The van der Waals surface area contributed by atoms with Gasteiger partial charge in [0.25, 0.3) is 5.91 Å². The molecule has 1 amide bonds. The Hall–Kier alpha value is -3.29. The summed E-state index contributed by atoms with van der Waals surface area (Å²) in [6.07, 6.45) is 7.67. The number of benzene rings is 1. The molecule has 2 aliphatic heterocycles. The molecule has 5 rings (SSSR count). The second-order valence-corrected chi connectivity index (χ2v) is 8.17. The third-order valence-electron chi connectivity index (χ3n) is 6.10. The highest BCUT2D eigenvalue weighted by atomic mass is 19.1. The molecule has 1 aromatic carbocycles. The van der Waals surface area contributed by atoms with Crippen LogP contribution in [0.1, 0.15) is 47.8 Å². The molecule has 1 atom stereocenters. The van der Waals surface area contributed by atoms with Gasteiger partial charge in [0, 0.05) is 44.6 Å². The Bertz CT molecular complexity index is 1110. The average Bonchev–Trinajstić information content (AvgIpc) is 3.54. The average molecular weight is 420 g/mol. The molecule has 2 fully saturated rings. The van der Waals surface area contributed by atoms with Crippen molar-refractivity contribution in [2.24, 2.45) is 7.05 Å². The summed E-state index contributed by atoms with van der Waals surface area (Å²) in [7, 11) is 1.87. The van der Waals surface area contributed by atoms with E-state index in [0.29, 0.717) is 6.54 Å². The van der Waals surface area contributed by atoms with E-state index in [1.165, 1.54) is 6.07 Å². The van der Waals surface area contributed by atoms with Crippen molar-refractivity contribution < 1.29 is 9.18 Å². The molecule has 1 unspecified atom stereocenters. The molecule has 3 aromatic rings. The second-order valence-electron chi connectivity index (χ2n) is 8.17. The topological polar surface area (TPSA) is 67.2 Å². The van der Waals surface area contributed by atoms with Crippen LogP contribution >= 0.6 is 0 Å². The van der Waals surface area contributed by atoms with Crippen LogP contribution in [0, 0.1) is 5.82 Å². The highest BCUT2D eigenvalue weighted by molar-refractivity contribution is 5.95. The van der Waals surface area contributed by atoms with Gasteiger partial charge in [-0.15, -0.1) is 0 Å². The van der Waals surface area contributed by atoms with Gasteiger partial charge in [0.2, 0.25) is 5.95 Å². The first-order valence-electron chi connectivity index (χ1n) is 10.8. The van der Waals surface area contributed by atoms with Gasteiger partial charge < -0.3 is 9.80 Å². The maximum atomic E-state index is 14.3. The Balaban J connectivity index is 1.50. The van der Waals surface area contributed by atoms with Crippen molar-refractivity contribution in [2.45, 2.75) is 31.7 Å². The summed E-state index contributed by atoms with van der Waals surface area (Å²) in [6, 6.07) is 7.82. The number of nitrogens with zero attached hydrogens (tertiary/aromatic N) is 6. The van der Waals surface area contributed by atoms with Crippen LogP contribution in [-0.4, -0.2) is 50.2 Å². The highest BCUT2D eigenvalue weighted by Gasteiger charge is 2.35. The second kappa shape index (κ2) is 8.09. The zero-order chi connectivity index (χ0) is 21.4. The number of carbonyl (C=O) groups is 1. The number of halogens is 1. The lowest BCUT2D eigenvalue weighted by atomic mass is 10.0. The molecule has 0 N–H and O–H groups in total. The minimum atomic E-state index is -0.495. The van der Waals surface area contributed by atoms with Gasteiger partial charge in [-0.2, -0.15) is 5.10 Å². The van der Waals surface area contributed by atoms with Crippen molar-refractivity contribution in [3.05, 3.63) is 59.8 Å². The third-order valence-corrected chi connectivity index (χ3v) is 6.10. The summed E-state index contributed by atoms with van der Waals surface area (Å²) < 4.78 is 16.0. The highest BCUT2D eigenvalue weighted by Crippen LogP contribution is 2.37. The Morgan fingerprint density at radius 2 is 1.90 bits per heavy atom. The van der Waals surface area contributed by atoms with Crippen LogP contribution in [0.2, 0.25) is 0 Å². The Labute approximate surface area is 180 Å². The van der Waals surface area contributed by atoms with Crippen LogP contribution in [0.5, 0.6) is 0 Å². The Morgan fingerprint density at radius 3 is 2.71 bits per heavy atom. The fourth-order valence-electron chi connectivity index (χ4n) is 4.60. The largest absolute Gasteiger partial charge is 0.341 e. The number of rotatable bonds is 4. The number of aromatic nitrogens is 4. The van der Waals surface area contributed by atoms with Gasteiger partial charge in [-0.25, -0.2) is 14.4 Å². The third kappa shape index (κ3) is 3.66. The number of amides is 1. The minimum absolute atomic E-state index is 0.102. The summed E-state index contributed by atoms with van der Waals surface area (Å²) in [4.78, 5) is 26.4. The molecular weight excluding hydrogens is 395 g/mol. The predicted molar refractivity (Wildman–Crippen MR) is 115 cm³/mol. The first kappa shape index (κ1) is 19.7. The van der Waals surface area contributed by atoms with E-state index in [0.717, 1.165) is 61.7 Å². The van der Waals surface area contributed by atoms with Crippen LogP contribution in [0.25, 0.3) is 11.3 Å². The van der Waals surface area contributed by atoms with E-state index in [1.807, 2.05) is 19.3 Å². The first-order valence-corrected chi connectivity index (χ1v) is 10.8. The van der Waals surface area contributed by atoms with Gasteiger partial charge in [-0.1, -0.05) is 12.1 Å². The fourth-order valence-corrected chi connectivity index (χ4v) is 4.60. The van der Waals surface area contributed by atoms with Gasteiger partial charge >= 0.3 is 0 Å². The van der Waals surface area contributed by atoms with E-state index in [1.54, 1.807) is 34.0 Å². The molecule has 7 nitrogen and oxygen atoms in total. The van der Waals surface area contributed by atoms with E-state index in [4.69, 9.17) is 10.1 Å². The standard InChI is InChI=1S/C23H25FN6O/c1-28-15-17(19-10-11-25-23(26-19)29-12-4-5-13-29)21(27-28)20-9-6-14-30(20)22(31)16-7-2-3-8-18(16)24/h2-3,7-8,10-11,15,20H,4-6,9,12-14H2,1H3. The lowest BCUT2D eigenvalue weighted by Crippen LogP contribution is -2.31. The summed E-state index contributed by atoms with van der Waals surface area (Å²) in [5.41, 5.74) is 2.59. The summed E-state index contributed by atoms with van der Waals surface area (Å²) in [5, 5.41) is 4.70. The number of aryl methyl sites for hydroxylation is 1. The molecule has 2 saturated heterocycles. The summed E-state index contributed by atoms with van der Waals surface area (Å²) in [5.74, 6) is -0.0568. The Morgan fingerprint density at radius 1 is 1.10 bits per heavy atom.